The summed E-state index contributed by atoms with van der Waals surface area (Å²) in [5.74, 6) is 0.179. The molecule has 1 aromatic carbocycles. The lowest BCUT2D eigenvalue weighted by Crippen LogP contribution is -2.32. The maximum Gasteiger partial charge on any atom is 0.243 e. The van der Waals surface area contributed by atoms with E-state index in [4.69, 9.17) is 0 Å². The van der Waals surface area contributed by atoms with Crippen molar-refractivity contribution >= 4 is 26.0 Å². The zero-order valence-corrected chi connectivity index (χ0v) is 15.4. The van der Waals surface area contributed by atoms with Gasteiger partial charge in [-0.05, 0) is 48.9 Å². The van der Waals surface area contributed by atoms with Crippen LogP contribution in [0.4, 0.5) is 0 Å². The van der Waals surface area contributed by atoms with Gasteiger partial charge in [0.25, 0.3) is 0 Å². The van der Waals surface area contributed by atoms with Gasteiger partial charge in [0.15, 0.2) is 0 Å². The van der Waals surface area contributed by atoms with Crippen LogP contribution in [0.15, 0.2) is 21.5 Å². The highest BCUT2D eigenvalue weighted by atomic mass is 79.9. The van der Waals surface area contributed by atoms with Crippen LogP contribution in [0, 0.1) is 6.92 Å². The van der Waals surface area contributed by atoms with Gasteiger partial charge < -0.3 is 0 Å². The molecule has 0 N–H and O–H groups in total. The molecule has 0 radical (unpaired) electrons. The first-order valence-electron chi connectivity index (χ1n) is 7.64. The molecule has 1 heterocycles. The lowest BCUT2D eigenvalue weighted by atomic mass is 10.0. The van der Waals surface area contributed by atoms with E-state index >= 15 is 0 Å². The summed E-state index contributed by atoms with van der Waals surface area (Å²) in [4.78, 5) is 0.486. The molecular formula is C16H24BrNO2S. The third-order valence-corrected chi connectivity index (χ3v) is 6.90. The van der Waals surface area contributed by atoms with E-state index in [-0.39, 0.29) is 5.92 Å². The Morgan fingerprint density at radius 2 is 1.67 bits per heavy atom. The largest absolute Gasteiger partial charge is 0.243 e. The molecule has 118 valence electrons. The van der Waals surface area contributed by atoms with E-state index in [0.717, 1.165) is 41.3 Å². The third kappa shape index (κ3) is 3.69. The maximum atomic E-state index is 13.0. The van der Waals surface area contributed by atoms with Gasteiger partial charge in [-0.1, -0.05) is 42.6 Å². The van der Waals surface area contributed by atoms with E-state index < -0.39 is 10.0 Å². The Balaban J connectivity index is 2.50. The molecule has 0 aromatic heterocycles. The van der Waals surface area contributed by atoms with Crippen molar-refractivity contribution < 1.29 is 8.42 Å². The molecule has 21 heavy (non-hydrogen) atoms. The number of benzene rings is 1. The number of aryl methyl sites for hydroxylation is 1. The molecule has 1 aliphatic heterocycles. The fourth-order valence-corrected chi connectivity index (χ4v) is 5.06. The van der Waals surface area contributed by atoms with Gasteiger partial charge in [-0.25, -0.2) is 8.42 Å². The number of rotatable bonds is 3. The van der Waals surface area contributed by atoms with Crippen molar-refractivity contribution in [2.45, 2.75) is 57.3 Å². The van der Waals surface area contributed by atoms with Crippen molar-refractivity contribution in [3.63, 3.8) is 0 Å². The van der Waals surface area contributed by atoms with Crippen molar-refractivity contribution in [2.75, 3.05) is 13.1 Å². The molecule has 0 spiro atoms. The van der Waals surface area contributed by atoms with Crippen LogP contribution in [-0.2, 0) is 10.0 Å². The summed E-state index contributed by atoms with van der Waals surface area (Å²) in [6.07, 6.45) is 4.18. The molecule has 0 aliphatic carbocycles. The minimum Gasteiger partial charge on any atom is -0.207 e. The van der Waals surface area contributed by atoms with E-state index in [1.54, 1.807) is 4.31 Å². The van der Waals surface area contributed by atoms with Crippen LogP contribution in [0.2, 0.25) is 0 Å². The molecule has 5 heteroatoms. The van der Waals surface area contributed by atoms with Gasteiger partial charge in [-0.2, -0.15) is 4.31 Å². The second-order valence-electron chi connectivity index (χ2n) is 6.11. The number of hydrogen-bond donors (Lipinski definition) is 0. The van der Waals surface area contributed by atoms with Gasteiger partial charge >= 0.3 is 0 Å². The third-order valence-electron chi connectivity index (χ3n) is 4.10. The van der Waals surface area contributed by atoms with Crippen LogP contribution in [0.3, 0.4) is 0 Å². The molecule has 0 bridgehead atoms. The number of nitrogens with zero attached hydrogens (tertiary/aromatic N) is 1. The van der Waals surface area contributed by atoms with Crippen molar-refractivity contribution in [1.29, 1.82) is 0 Å². The van der Waals surface area contributed by atoms with Crippen LogP contribution < -0.4 is 0 Å². The Kier molecular flexibility index (Phi) is 5.49. The van der Waals surface area contributed by atoms with E-state index in [1.807, 2.05) is 32.9 Å². The molecule has 1 aromatic rings. The second kappa shape index (κ2) is 6.80. The summed E-state index contributed by atoms with van der Waals surface area (Å²) >= 11 is 3.52. The molecule has 1 fully saturated rings. The van der Waals surface area contributed by atoms with Crippen molar-refractivity contribution in [3.05, 3.63) is 27.7 Å². The van der Waals surface area contributed by atoms with Crippen LogP contribution in [0.1, 0.15) is 56.6 Å². The summed E-state index contributed by atoms with van der Waals surface area (Å²) < 4.78 is 28.7. The Hall–Kier alpha value is -0.390. The standard InChI is InChI=1S/C16H24BrNO2S/c1-12(2)14-11-15(17)13(3)10-16(14)21(19,20)18-8-6-4-5-7-9-18/h10-12H,4-9H2,1-3H3. The highest BCUT2D eigenvalue weighted by Gasteiger charge is 2.28. The Morgan fingerprint density at radius 1 is 1.10 bits per heavy atom. The SMILES string of the molecule is Cc1cc(S(=O)(=O)N2CCCCCC2)c(C(C)C)cc1Br. The van der Waals surface area contributed by atoms with Crippen LogP contribution in [0.25, 0.3) is 0 Å². The zero-order chi connectivity index (χ0) is 15.6. The van der Waals surface area contributed by atoms with Gasteiger partial charge in [0.1, 0.15) is 0 Å². The maximum absolute atomic E-state index is 13.0. The molecule has 0 amide bonds. The number of hydrogen-bond acceptors (Lipinski definition) is 2. The summed E-state index contributed by atoms with van der Waals surface area (Å²) in [5.41, 5.74) is 1.87. The van der Waals surface area contributed by atoms with Crippen molar-refractivity contribution in [2.24, 2.45) is 0 Å². The molecule has 1 saturated heterocycles. The quantitative estimate of drug-likeness (QED) is 0.784. The second-order valence-corrected chi connectivity index (χ2v) is 8.87. The lowest BCUT2D eigenvalue weighted by Gasteiger charge is -2.23. The van der Waals surface area contributed by atoms with E-state index in [1.165, 1.54) is 0 Å². The van der Waals surface area contributed by atoms with E-state index in [2.05, 4.69) is 15.9 Å². The average Bonchev–Trinajstić information content (AvgIpc) is 2.70. The highest BCUT2D eigenvalue weighted by Crippen LogP contribution is 2.32. The molecule has 3 nitrogen and oxygen atoms in total. The molecule has 2 rings (SSSR count). The minimum atomic E-state index is -3.39. The van der Waals surface area contributed by atoms with Gasteiger partial charge in [0.05, 0.1) is 4.90 Å². The van der Waals surface area contributed by atoms with Crippen LogP contribution >= 0.6 is 15.9 Å². The predicted molar refractivity (Wildman–Crippen MR) is 90.2 cm³/mol. The molecular weight excluding hydrogens is 350 g/mol. The first-order valence-corrected chi connectivity index (χ1v) is 9.87. The van der Waals surface area contributed by atoms with Gasteiger partial charge in [0.2, 0.25) is 10.0 Å². The number of sulfonamides is 1. The smallest absolute Gasteiger partial charge is 0.207 e. The summed E-state index contributed by atoms with van der Waals surface area (Å²) in [7, 11) is -3.39. The topological polar surface area (TPSA) is 37.4 Å². The fourth-order valence-electron chi connectivity index (χ4n) is 2.77. The first-order chi connectivity index (χ1) is 9.84. The molecule has 0 atom stereocenters. The Bertz CT molecular complexity index is 603. The Labute approximate surface area is 136 Å². The number of halogens is 1. The van der Waals surface area contributed by atoms with Crippen LogP contribution in [0.5, 0.6) is 0 Å². The zero-order valence-electron chi connectivity index (χ0n) is 13.0. The predicted octanol–water partition coefficient (Wildman–Crippen LogP) is 4.45. The van der Waals surface area contributed by atoms with Gasteiger partial charge in [0, 0.05) is 17.6 Å². The van der Waals surface area contributed by atoms with Gasteiger partial charge in [-0.3, -0.25) is 0 Å². The van der Waals surface area contributed by atoms with E-state index in [0.29, 0.717) is 18.0 Å². The minimum absolute atomic E-state index is 0.179. The monoisotopic (exact) mass is 373 g/mol. The summed E-state index contributed by atoms with van der Waals surface area (Å²) in [6.45, 7) is 7.32. The lowest BCUT2D eigenvalue weighted by molar-refractivity contribution is 0.423. The first kappa shape index (κ1) is 17.0. The highest BCUT2D eigenvalue weighted by molar-refractivity contribution is 9.10. The summed E-state index contributed by atoms with van der Waals surface area (Å²) in [5, 5.41) is 0. The van der Waals surface area contributed by atoms with Crippen LogP contribution in [-0.4, -0.2) is 25.8 Å². The average molecular weight is 374 g/mol. The summed E-state index contributed by atoms with van der Waals surface area (Å²) in [6, 6.07) is 3.78. The molecule has 0 unspecified atom stereocenters. The molecule has 1 aliphatic rings. The molecule has 0 saturated carbocycles. The Morgan fingerprint density at radius 3 is 2.19 bits per heavy atom. The van der Waals surface area contributed by atoms with Crippen molar-refractivity contribution in [3.8, 4) is 0 Å². The normalized spacial score (nSPS) is 18.0. The van der Waals surface area contributed by atoms with E-state index in [9.17, 15) is 8.42 Å². The van der Waals surface area contributed by atoms with Gasteiger partial charge in [-0.15, -0.1) is 0 Å². The fraction of sp³-hybridized carbons (Fsp3) is 0.625. The van der Waals surface area contributed by atoms with Crippen molar-refractivity contribution in [1.82, 2.24) is 4.31 Å².